The van der Waals surface area contributed by atoms with Gasteiger partial charge in [-0.25, -0.2) is 4.79 Å². The molecule has 1 aromatic carbocycles. The summed E-state index contributed by atoms with van der Waals surface area (Å²) in [5.74, 6) is -0.194. The number of hydrogen-bond donors (Lipinski definition) is 1. The van der Waals surface area contributed by atoms with E-state index in [1.807, 2.05) is 0 Å². The number of methoxy groups -OCH3 is 2. The van der Waals surface area contributed by atoms with Crippen molar-refractivity contribution in [1.29, 1.82) is 0 Å². The molecule has 0 saturated carbocycles. The van der Waals surface area contributed by atoms with Gasteiger partial charge in [-0.2, -0.15) is 0 Å². The maximum Gasteiger partial charge on any atom is 0.340 e. The number of azide groups is 1. The van der Waals surface area contributed by atoms with E-state index in [2.05, 4.69) is 14.8 Å². The fraction of sp³-hybridized carbons (Fsp3) is 0.182. The summed E-state index contributed by atoms with van der Waals surface area (Å²) >= 11 is 0. The minimum atomic E-state index is -0.728. The van der Waals surface area contributed by atoms with E-state index in [4.69, 9.17) is 16.0 Å². The zero-order valence-electron chi connectivity index (χ0n) is 9.95. The van der Waals surface area contributed by atoms with Gasteiger partial charge in [-0.15, -0.1) is 0 Å². The van der Waals surface area contributed by atoms with Crippen molar-refractivity contribution in [2.24, 2.45) is 5.11 Å². The molecule has 0 aliphatic rings. The van der Waals surface area contributed by atoms with E-state index in [0.717, 1.165) is 0 Å². The number of benzene rings is 1. The molecule has 0 amide bonds. The van der Waals surface area contributed by atoms with Crippen molar-refractivity contribution in [3.63, 3.8) is 0 Å². The quantitative estimate of drug-likeness (QED) is 0.219. The van der Waals surface area contributed by atoms with Gasteiger partial charge >= 0.3 is 5.97 Å². The molecule has 0 radical (unpaired) electrons. The molecule has 0 spiro atoms. The van der Waals surface area contributed by atoms with Crippen molar-refractivity contribution in [2.75, 3.05) is 20.0 Å². The zero-order chi connectivity index (χ0) is 13.5. The van der Waals surface area contributed by atoms with Crippen LogP contribution in [0.5, 0.6) is 5.75 Å². The number of nitrogen functional groups attached to an aromatic ring is 1. The van der Waals surface area contributed by atoms with Gasteiger partial charge in [0, 0.05) is 16.7 Å². The first-order valence-corrected chi connectivity index (χ1v) is 4.90. The third-order valence-corrected chi connectivity index (χ3v) is 2.04. The number of nitrogens with zero attached hydrogens (tertiary/aromatic N) is 3. The highest BCUT2D eigenvalue weighted by atomic mass is 16.5. The fourth-order valence-electron chi connectivity index (χ4n) is 1.29. The second kappa shape index (κ2) is 6.17. The van der Waals surface area contributed by atoms with Crippen LogP contribution in [0.4, 0.5) is 5.69 Å². The van der Waals surface area contributed by atoms with Gasteiger partial charge in [-0.3, -0.25) is 0 Å². The zero-order valence-corrected chi connectivity index (χ0v) is 9.95. The molecule has 0 heterocycles. The van der Waals surface area contributed by atoms with E-state index in [1.165, 1.54) is 20.3 Å². The summed E-state index contributed by atoms with van der Waals surface area (Å²) in [6.45, 7) is 0. The Balaban J connectivity index is 3.23. The molecule has 0 aliphatic heterocycles. The highest BCUT2D eigenvalue weighted by Crippen LogP contribution is 2.21. The number of esters is 1. The van der Waals surface area contributed by atoms with Crippen LogP contribution >= 0.6 is 0 Å². The number of nitrogens with two attached hydrogens (primary N) is 1. The van der Waals surface area contributed by atoms with E-state index >= 15 is 0 Å². The molecule has 1 rings (SSSR count). The lowest BCUT2D eigenvalue weighted by molar-refractivity contribution is -0.136. The largest absolute Gasteiger partial charge is 0.497 e. The van der Waals surface area contributed by atoms with Crippen molar-refractivity contribution in [2.45, 2.75) is 0 Å². The molecule has 0 aromatic heterocycles. The summed E-state index contributed by atoms with van der Waals surface area (Å²) in [6, 6.07) is 4.88. The molecule has 0 bridgehead atoms. The fourth-order valence-corrected chi connectivity index (χ4v) is 1.29. The van der Waals surface area contributed by atoms with E-state index in [-0.39, 0.29) is 5.70 Å². The Labute approximate surface area is 103 Å². The van der Waals surface area contributed by atoms with Crippen LogP contribution in [-0.2, 0) is 9.53 Å². The average molecular weight is 248 g/mol. The van der Waals surface area contributed by atoms with Crippen LogP contribution < -0.4 is 10.5 Å². The Hall–Kier alpha value is -2.66. The summed E-state index contributed by atoms with van der Waals surface area (Å²) in [4.78, 5) is 13.9. The van der Waals surface area contributed by atoms with Gasteiger partial charge < -0.3 is 15.2 Å². The second-order valence-electron chi connectivity index (χ2n) is 3.25. The van der Waals surface area contributed by atoms with Crippen LogP contribution in [0.3, 0.4) is 0 Å². The predicted octanol–water partition coefficient (Wildman–Crippen LogP) is 2.10. The van der Waals surface area contributed by atoms with Gasteiger partial charge in [0.1, 0.15) is 11.4 Å². The highest BCUT2D eigenvalue weighted by molar-refractivity contribution is 5.93. The molecule has 94 valence electrons. The molecule has 0 unspecified atom stereocenters. The topological polar surface area (TPSA) is 110 Å². The standard InChI is InChI=1S/C11H12N4O3/c1-17-9-4-7(3-8(12)6-9)5-10(14-15-13)11(16)18-2/h3-6H,12H2,1-2H3/b10-5-. The number of carbonyl (C=O) groups is 1. The number of carbonyl (C=O) groups excluding carboxylic acids is 1. The molecule has 0 saturated heterocycles. The Morgan fingerprint density at radius 2 is 2.17 bits per heavy atom. The van der Waals surface area contributed by atoms with E-state index in [9.17, 15) is 4.79 Å². The summed E-state index contributed by atoms with van der Waals surface area (Å²) < 4.78 is 9.52. The monoisotopic (exact) mass is 248 g/mol. The molecular weight excluding hydrogens is 236 g/mol. The third kappa shape index (κ3) is 3.43. The summed E-state index contributed by atoms with van der Waals surface area (Å²) in [6.07, 6.45) is 1.37. The lowest BCUT2D eigenvalue weighted by Crippen LogP contribution is -2.02. The first-order chi connectivity index (χ1) is 8.60. The Kier molecular flexibility index (Phi) is 4.59. The Bertz CT molecular complexity index is 533. The first-order valence-electron chi connectivity index (χ1n) is 4.90. The number of anilines is 1. The van der Waals surface area contributed by atoms with Gasteiger partial charge in [-0.1, -0.05) is 5.11 Å². The van der Waals surface area contributed by atoms with Crippen LogP contribution in [0.2, 0.25) is 0 Å². The third-order valence-electron chi connectivity index (χ3n) is 2.04. The molecular formula is C11H12N4O3. The first kappa shape index (κ1) is 13.4. The Morgan fingerprint density at radius 1 is 1.44 bits per heavy atom. The van der Waals surface area contributed by atoms with Crippen LogP contribution in [0.1, 0.15) is 5.56 Å². The molecule has 18 heavy (non-hydrogen) atoms. The van der Waals surface area contributed by atoms with Gasteiger partial charge in [0.15, 0.2) is 0 Å². The Morgan fingerprint density at radius 3 is 2.72 bits per heavy atom. The predicted molar refractivity (Wildman–Crippen MR) is 66.5 cm³/mol. The normalized spacial score (nSPS) is 10.4. The number of rotatable bonds is 4. The average Bonchev–Trinajstić information content (AvgIpc) is 2.36. The van der Waals surface area contributed by atoms with Gasteiger partial charge in [0.2, 0.25) is 0 Å². The van der Waals surface area contributed by atoms with Crippen LogP contribution in [-0.4, -0.2) is 20.2 Å². The molecule has 2 N–H and O–H groups in total. The van der Waals surface area contributed by atoms with E-state index in [1.54, 1.807) is 18.2 Å². The van der Waals surface area contributed by atoms with E-state index < -0.39 is 5.97 Å². The molecule has 7 heteroatoms. The SMILES string of the molecule is COC(=O)/C(=C/c1cc(N)cc(OC)c1)N=[N+]=[N-]. The van der Waals surface area contributed by atoms with Crippen molar-refractivity contribution >= 4 is 17.7 Å². The molecule has 0 aliphatic carbocycles. The number of ether oxygens (including phenoxy) is 2. The molecule has 1 aromatic rings. The second-order valence-corrected chi connectivity index (χ2v) is 3.25. The van der Waals surface area contributed by atoms with Crippen LogP contribution in [0, 0.1) is 0 Å². The maximum atomic E-state index is 11.3. The molecule has 0 atom stereocenters. The van der Waals surface area contributed by atoms with Crippen molar-refractivity contribution in [3.05, 3.63) is 39.9 Å². The molecule has 7 nitrogen and oxygen atoms in total. The summed E-state index contributed by atoms with van der Waals surface area (Å²) in [5.41, 5.74) is 14.9. The summed E-state index contributed by atoms with van der Waals surface area (Å²) in [7, 11) is 2.69. The molecule has 0 fully saturated rings. The smallest absolute Gasteiger partial charge is 0.340 e. The van der Waals surface area contributed by atoms with E-state index in [0.29, 0.717) is 17.0 Å². The minimum Gasteiger partial charge on any atom is -0.497 e. The lowest BCUT2D eigenvalue weighted by Gasteiger charge is -2.04. The van der Waals surface area contributed by atoms with Crippen molar-refractivity contribution in [1.82, 2.24) is 0 Å². The maximum absolute atomic E-state index is 11.3. The highest BCUT2D eigenvalue weighted by Gasteiger charge is 2.08. The van der Waals surface area contributed by atoms with Crippen LogP contribution in [0.25, 0.3) is 16.5 Å². The minimum absolute atomic E-state index is 0.160. The van der Waals surface area contributed by atoms with Gasteiger partial charge in [0.25, 0.3) is 0 Å². The lowest BCUT2D eigenvalue weighted by atomic mass is 10.1. The van der Waals surface area contributed by atoms with Gasteiger partial charge in [-0.05, 0) is 29.3 Å². The van der Waals surface area contributed by atoms with Crippen molar-refractivity contribution < 1.29 is 14.3 Å². The number of hydrogen-bond acceptors (Lipinski definition) is 5. The van der Waals surface area contributed by atoms with Gasteiger partial charge in [0.05, 0.1) is 14.2 Å². The summed E-state index contributed by atoms with van der Waals surface area (Å²) in [5, 5.41) is 3.26. The van der Waals surface area contributed by atoms with Crippen LogP contribution in [0.15, 0.2) is 29.0 Å². The van der Waals surface area contributed by atoms with Crippen molar-refractivity contribution in [3.8, 4) is 5.75 Å².